The van der Waals surface area contributed by atoms with E-state index in [4.69, 9.17) is 16.6 Å². The Morgan fingerprint density at radius 1 is 1.16 bits per heavy atom. The Morgan fingerprint density at radius 3 is 2.36 bits per heavy atom. The lowest BCUT2D eigenvalue weighted by Crippen LogP contribution is -2.33. The monoisotopic (exact) mass is 438 g/mol. The van der Waals surface area contributed by atoms with Crippen LogP contribution >= 0.6 is 40.3 Å². The van der Waals surface area contributed by atoms with Gasteiger partial charge in [-0.25, -0.2) is 0 Å². The number of thioether (sulfide) groups is 1. The Labute approximate surface area is 168 Å². The van der Waals surface area contributed by atoms with Gasteiger partial charge in [0.1, 0.15) is 0 Å². The number of Topliss-reactive ketones (excluding diaryl/α,β-unsaturated/α-hetero) is 1. The Bertz CT molecular complexity index is 763. The fourth-order valence-electron chi connectivity index (χ4n) is 2.45. The van der Waals surface area contributed by atoms with E-state index in [-0.39, 0.29) is 34.8 Å². The van der Waals surface area contributed by atoms with Gasteiger partial charge in [-0.3, -0.25) is 9.79 Å². The molecule has 25 heavy (non-hydrogen) atoms. The van der Waals surface area contributed by atoms with Gasteiger partial charge in [0.2, 0.25) is 0 Å². The van der Waals surface area contributed by atoms with Crippen molar-refractivity contribution in [3.05, 3.63) is 65.2 Å². The first-order chi connectivity index (χ1) is 11.4. The maximum atomic E-state index is 12.7. The molecule has 0 radical (unpaired) electrons. The third kappa shape index (κ3) is 5.09. The summed E-state index contributed by atoms with van der Waals surface area (Å²) in [6.07, 6.45) is 0. The zero-order valence-corrected chi connectivity index (χ0v) is 17.4. The van der Waals surface area contributed by atoms with Crippen molar-refractivity contribution in [1.29, 1.82) is 0 Å². The summed E-state index contributed by atoms with van der Waals surface area (Å²) >= 11 is 7.60. The molecule has 0 bridgehead atoms. The zero-order valence-electron chi connectivity index (χ0n) is 14.1. The number of para-hydroxylation sites is 1. The summed E-state index contributed by atoms with van der Waals surface area (Å²) < 4.78 is 0. The number of aliphatic imine (C=N–C) groups is 1. The molecule has 0 saturated carbocycles. The number of amidine groups is 1. The molecule has 1 heterocycles. The highest BCUT2D eigenvalue weighted by atomic mass is 79.9. The molecule has 2 aromatic rings. The Hall–Kier alpha value is -1.30. The number of rotatable bonds is 4. The van der Waals surface area contributed by atoms with Crippen LogP contribution in [-0.4, -0.2) is 28.8 Å². The Balaban J connectivity index is 0.00000225. The van der Waals surface area contributed by atoms with Crippen LogP contribution in [0.2, 0.25) is 5.02 Å². The molecule has 6 heteroatoms. The van der Waals surface area contributed by atoms with Gasteiger partial charge < -0.3 is 4.90 Å². The summed E-state index contributed by atoms with van der Waals surface area (Å²) in [5.74, 6) is 0.962. The number of carbonyl (C=O) groups excluding carboxylic acids is 1. The van der Waals surface area contributed by atoms with Crippen LogP contribution in [-0.2, 0) is 0 Å². The summed E-state index contributed by atoms with van der Waals surface area (Å²) in [7, 11) is 0. The van der Waals surface area contributed by atoms with Crippen LogP contribution < -0.4 is 4.90 Å². The van der Waals surface area contributed by atoms with E-state index in [0.29, 0.717) is 10.6 Å². The highest BCUT2D eigenvalue weighted by molar-refractivity contribution is 8.93. The van der Waals surface area contributed by atoms with Crippen LogP contribution in [0.4, 0.5) is 5.69 Å². The van der Waals surface area contributed by atoms with Crippen LogP contribution in [0.1, 0.15) is 24.2 Å². The molecular formula is C19H20BrClN2OS. The van der Waals surface area contributed by atoms with Gasteiger partial charge in [-0.2, -0.15) is 0 Å². The molecule has 1 aliphatic rings. The molecule has 0 fully saturated rings. The topological polar surface area (TPSA) is 32.7 Å². The van der Waals surface area contributed by atoms with E-state index in [1.165, 1.54) is 0 Å². The third-order valence-corrected chi connectivity index (χ3v) is 5.39. The Morgan fingerprint density at radius 2 is 1.80 bits per heavy atom. The molecule has 3 rings (SSSR count). The van der Waals surface area contributed by atoms with Gasteiger partial charge in [-0.1, -0.05) is 41.6 Å². The molecule has 0 amide bonds. The first-order valence-electron chi connectivity index (χ1n) is 7.79. The first kappa shape index (κ1) is 20.0. The number of benzene rings is 2. The van der Waals surface area contributed by atoms with Gasteiger partial charge in [0, 0.05) is 22.0 Å². The second kappa shape index (κ2) is 8.39. The molecule has 0 atom stereocenters. The fourth-order valence-corrected chi connectivity index (χ4v) is 3.76. The van der Waals surface area contributed by atoms with Gasteiger partial charge in [0.15, 0.2) is 11.0 Å². The van der Waals surface area contributed by atoms with Crippen molar-refractivity contribution >= 4 is 57.0 Å². The average Bonchev–Trinajstić information content (AvgIpc) is 2.93. The molecule has 132 valence electrons. The molecule has 0 spiro atoms. The van der Waals surface area contributed by atoms with Crippen molar-refractivity contribution in [2.75, 3.05) is 17.2 Å². The van der Waals surface area contributed by atoms with Gasteiger partial charge in [0.25, 0.3) is 0 Å². The maximum Gasteiger partial charge on any atom is 0.182 e. The van der Waals surface area contributed by atoms with Crippen LogP contribution in [0.15, 0.2) is 59.6 Å². The molecule has 0 N–H and O–H groups in total. The van der Waals surface area contributed by atoms with Gasteiger partial charge in [0.05, 0.1) is 12.1 Å². The minimum atomic E-state index is -0.101. The van der Waals surface area contributed by atoms with Crippen LogP contribution in [0.25, 0.3) is 0 Å². The van der Waals surface area contributed by atoms with Crippen molar-refractivity contribution in [2.24, 2.45) is 4.99 Å². The second-order valence-corrected chi connectivity index (χ2v) is 7.73. The Kier molecular flexibility index (Phi) is 6.72. The highest BCUT2D eigenvalue weighted by Gasteiger charge is 2.30. The van der Waals surface area contributed by atoms with Crippen molar-refractivity contribution in [1.82, 2.24) is 0 Å². The van der Waals surface area contributed by atoms with Crippen molar-refractivity contribution < 1.29 is 4.79 Å². The number of hydrogen-bond acceptors (Lipinski definition) is 4. The lowest BCUT2D eigenvalue weighted by Gasteiger charge is -2.23. The summed E-state index contributed by atoms with van der Waals surface area (Å²) in [6, 6.07) is 16.9. The summed E-state index contributed by atoms with van der Waals surface area (Å²) in [5, 5.41) is 1.53. The highest BCUT2D eigenvalue weighted by Crippen LogP contribution is 2.31. The third-order valence-electron chi connectivity index (χ3n) is 3.72. The number of anilines is 1. The zero-order chi connectivity index (χ0) is 17.2. The maximum absolute atomic E-state index is 12.7. The first-order valence-corrected chi connectivity index (χ1v) is 9.15. The minimum Gasteiger partial charge on any atom is -0.313 e. The summed E-state index contributed by atoms with van der Waals surface area (Å²) in [5.41, 5.74) is 1.53. The van der Waals surface area contributed by atoms with Crippen molar-refractivity contribution in [3.8, 4) is 0 Å². The number of ketones is 1. The van der Waals surface area contributed by atoms with Crippen LogP contribution in [0, 0.1) is 0 Å². The van der Waals surface area contributed by atoms with E-state index < -0.39 is 0 Å². The lowest BCUT2D eigenvalue weighted by molar-refractivity contribution is 0.100. The van der Waals surface area contributed by atoms with E-state index in [9.17, 15) is 4.79 Å². The molecule has 2 aromatic carbocycles. The molecule has 0 aromatic heterocycles. The SMILES string of the molecule is Br.CC1(C)CSC(N(CC(=O)c2ccc(Cl)cc2)c2ccccc2)=N1. The summed E-state index contributed by atoms with van der Waals surface area (Å²) in [4.78, 5) is 19.5. The fraction of sp³-hybridized carbons (Fsp3) is 0.263. The van der Waals surface area contributed by atoms with E-state index in [2.05, 4.69) is 13.8 Å². The van der Waals surface area contributed by atoms with Crippen LogP contribution in [0.5, 0.6) is 0 Å². The predicted molar refractivity (Wildman–Crippen MR) is 114 cm³/mol. The quantitative estimate of drug-likeness (QED) is 0.591. The van der Waals surface area contributed by atoms with E-state index in [1.54, 1.807) is 36.0 Å². The van der Waals surface area contributed by atoms with Gasteiger partial charge >= 0.3 is 0 Å². The van der Waals surface area contributed by atoms with Crippen molar-refractivity contribution in [3.63, 3.8) is 0 Å². The second-order valence-electron chi connectivity index (χ2n) is 6.35. The average molecular weight is 440 g/mol. The lowest BCUT2D eigenvalue weighted by atomic mass is 10.1. The molecule has 0 unspecified atom stereocenters. The van der Waals surface area contributed by atoms with Crippen LogP contribution in [0.3, 0.4) is 0 Å². The number of carbonyl (C=O) groups is 1. The minimum absolute atomic E-state index is 0. The van der Waals surface area contributed by atoms with Gasteiger partial charge in [-0.05, 0) is 50.2 Å². The molecule has 3 nitrogen and oxygen atoms in total. The van der Waals surface area contributed by atoms with Gasteiger partial charge in [-0.15, -0.1) is 17.0 Å². The molecule has 0 saturated heterocycles. The van der Waals surface area contributed by atoms with Crippen molar-refractivity contribution in [2.45, 2.75) is 19.4 Å². The normalized spacial score (nSPS) is 15.2. The molecular weight excluding hydrogens is 420 g/mol. The van der Waals surface area contributed by atoms with E-state index >= 15 is 0 Å². The predicted octanol–water partition coefficient (Wildman–Crippen LogP) is 5.49. The van der Waals surface area contributed by atoms with E-state index in [0.717, 1.165) is 16.6 Å². The standard InChI is InChI=1S/C19H19ClN2OS.BrH/c1-19(2)13-24-18(21-19)22(16-6-4-3-5-7-16)12-17(23)14-8-10-15(20)11-9-14;/h3-11H,12-13H2,1-2H3;1H. The molecule has 0 aliphatic carbocycles. The largest absolute Gasteiger partial charge is 0.313 e. The smallest absolute Gasteiger partial charge is 0.182 e. The number of hydrogen-bond donors (Lipinski definition) is 0. The number of nitrogens with zero attached hydrogens (tertiary/aromatic N) is 2. The number of halogens is 2. The van der Waals surface area contributed by atoms with E-state index in [1.807, 2.05) is 35.2 Å². The molecule has 1 aliphatic heterocycles. The summed E-state index contributed by atoms with van der Waals surface area (Å²) in [6.45, 7) is 4.47.